The summed E-state index contributed by atoms with van der Waals surface area (Å²) in [5, 5.41) is 13.1. The number of aryl methyl sites for hydroxylation is 1. The van der Waals surface area contributed by atoms with Crippen molar-refractivity contribution in [2.24, 2.45) is 5.92 Å². The summed E-state index contributed by atoms with van der Waals surface area (Å²) in [7, 11) is 0. The third kappa shape index (κ3) is 3.88. The average Bonchev–Trinajstić information content (AvgIpc) is 3.13. The minimum Gasteiger partial charge on any atom is -0.481 e. The molecule has 2 atom stereocenters. The second-order valence-corrected chi connectivity index (χ2v) is 7.09. The highest BCUT2D eigenvalue weighted by molar-refractivity contribution is 7.18. The van der Waals surface area contributed by atoms with Crippen LogP contribution in [-0.2, 0) is 16.0 Å². The molecule has 1 amide bonds. The van der Waals surface area contributed by atoms with Crippen LogP contribution in [0.25, 0.3) is 10.2 Å². The lowest BCUT2D eigenvalue weighted by molar-refractivity contribution is -0.142. The molecule has 0 saturated heterocycles. The Kier molecular flexibility index (Phi) is 4.91. The Balaban J connectivity index is 1.46. The highest BCUT2D eigenvalue weighted by Gasteiger charge is 2.33. The normalized spacial score (nSPS) is 20.7. The second-order valence-electron chi connectivity index (χ2n) is 5.98. The van der Waals surface area contributed by atoms with Crippen LogP contribution in [0.3, 0.4) is 0 Å². The Hall–Kier alpha value is -1.95. The number of rotatable bonds is 6. The zero-order chi connectivity index (χ0) is 16.2. The van der Waals surface area contributed by atoms with E-state index in [4.69, 9.17) is 5.11 Å². The molecule has 2 N–H and O–H groups in total. The van der Waals surface area contributed by atoms with Crippen molar-refractivity contribution in [3.8, 4) is 0 Å². The van der Waals surface area contributed by atoms with Crippen LogP contribution in [0.5, 0.6) is 0 Å². The van der Waals surface area contributed by atoms with E-state index in [0.29, 0.717) is 12.8 Å². The molecule has 5 nitrogen and oxygen atoms in total. The van der Waals surface area contributed by atoms with Gasteiger partial charge in [0, 0.05) is 12.5 Å². The van der Waals surface area contributed by atoms with Crippen molar-refractivity contribution in [3.63, 3.8) is 0 Å². The lowest BCUT2D eigenvalue weighted by Crippen LogP contribution is -2.40. The van der Waals surface area contributed by atoms with Crippen molar-refractivity contribution < 1.29 is 14.7 Å². The number of carboxylic acids is 1. The fourth-order valence-corrected chi connectivity index (χ4v) is 4.14. The molecule has 0 spiro atoms. The topological polar surface area (TPSA) is 79.3 Å². The van der Waals surface area contributed by atoms with Crippen LogP contribution < -0.4 is 5.32 Å². The van der Waals surface area contributed by atoms with Gasteiger partial charge in [-0.15, -0.1) is 11.3 Å². The zero-order valence-electron chi connectivity index (χ0n) is 12.8. The van der Waals surface area contributed by atoms with E-state index < -0.39 is 11.9 Å². The molecule has 3 rings (SSSR count). The van der Waals surface area contributed by atoms with E-state index in [2.05, 4.69) is 16.4 Å². The molecule has 1 fully saturated rings. The first-order valence-electron chi connectivity index (χ1n) is 8.00. The predicted octanol–water partition coefficient (Wildman–Crippen LogP) is 2.99. The number of aromatic nitrogens is 1. The van der Waals surface area contributed by atoms with Crippen LogP contribution in [0.1, 0.15) is 37.1 Å². The van der Waals surface area contributed by atoms with Crippen molar-refractivity contribution in [1.29, 1.82) is 0 Å². The van der Waals surface area contributed by atoms with Crippen molar-refractivity contribution in [2.45, 2.75) is 44.6 Å². The Bertz CT molecular complexity index is 680. The van der Waals surface area contributed by atoms with Crippen molar-refractivity contribution >= 4 is 33.4 Å². The summed E-state index contributed by atoms with van der Waals surface area (Å²) in [5.41, 5.74) is 1.01. The lowest BCUT2D eigenvalue weighted by Gasteiger charge is -2.17. The van der Waals surface area contributed by atoms with Crippen LogP contribution in [-0.4, -0.2) is 28.0 Å². The first-order valence-corrected chi connectivity index (χ1v) is 8.82. The van der Waals surface area contributed by atoms with Gasteiger partial charge in [-0.3, -0.25) is 9.59 Å². The van der Waals surface area contributed by atoms with Crippen LogP contribution in [0.2, 0.25) is 0 Å². The predicted molar refractivity (Wildman–Crippen MR) is 89.5 cm³/mol. The first kappa shape index (κ1) is 15.9. The van der Waals surface area contributed by atoms with Crippen LogP contribution in [0.4, 0.5) is 0 Å². The van der Waals surface area contributed by atoms with E-state index >= 15 is 0 Å². The average molecular weight is 332 g/mol. The number of para-hydroxylation sites is 1. The van der Waals surface area contributed by atoms with E-state index in [1.807, 2.05) is 18.2 Å². The molecule has 23 heavy (non-hydrogen) atoms. The van der Waals surface area contributed by atoms with Gasteiger partial charge < -0.3 is 10.4 Å². The summed E-state index contributed by atoms with van der Waals surface area (Å²) in [6, 6.07) is 7.81. The van der Waals surface area contributed by atoms with Gasteiger partial charge in [-0.2, -0.15) is 0 Å². The molecule has 0 bridgehead atoms. The van der Waals surface area contributed by atoms with Gasteiger partial charge in [0.05, 0.1) is 21.1 Å². The number of aliphatic carboxylic acids is 1. The summed E-state index contributed by atoms with van der Waals surface area (Å²) in [5.74, 6) is -1.28. The van der Waals surface area contributed by atoms with Gasteiger partial charge in [0.25, 0.3) is 0 Å². The van der Waals surface area contributed by atoms with Gasteiger partial charge in [0.15, 0.2) is 0 Å². The molecule has 1 aliphatic rings. The van der Waals surface area contributed by atoms with Gasteiger partial charge in [-0.05, 0) is 37.8 Å². The van der Waals surface area contributed by atoms with Gasteiger partial charge in [-0.25, -0.2) is 4.98 Å². The fraction of sp³-hybridized carbons (Fsp3) is 0.471. The maximum Gasteiger partial charge on any atom is 0.308 e. The van der Waals surface area contributed by atoms with E-state index in [0.717, 1.165) is 36.2 Å². The molecule has 1 aromatic carbocycles. The number of amides is 1. The van der Waals surface area contributed by atoms with E-state index in [9.17, 15) is 9.59 Å². The summed E-state index contributed by atoms with van der Waals surface area (Å²) in [6.45, 7) is 0. The number of hydrogen-bond donors (Lipinski definition) is 2. The number of carbonyl (C=O) groups is 2. The smallest absolute Gasteiger partial charge is 0.308 e. The molecule has 1 heterocycles. The third-order valence-electron chi connectivity index (χ3n) is 4.31. The number of nitrogens with zero attached hydrogens (tertiary/aromatic N) is 1. The van der Waals surface area contributed by atoms with Crippen molar-refractivity contribution in [2.75, 3.05) is 0 Å². The lowest BCUT2D eigenvalue weighted by atomic mass is 10.0. The summed E-state index contributed by atoms with van der Waals surface area (Å²) < 4.78 is 1.17. The molecule has 1 aliphatic carbocycles. The molecule has 0 unspecified atom stereocenters. The molecule has 0 radical (unpaired) electrons. The number of carboxylic acid groups (broad SMARTS) is 1. The minimum absolute atomic E-state index is 0.0516. The Morgan fingerprint density at radius 2 is 2.13 bits per heavy atom. The summed E-state index contributed by atoms with van der Waals surface area (Å²) >= 11 is 1.67. The number of benzene rings is 1. The summed E-state index contributed by atoms with van der Waals surface area (Å²) in [6.07, 6.45) is 4.22. The van der Waals surface area contributed by atoms with E-state index in [1.54, 1.807) is 11.3 Å². The van der Waals surface area contributed by atoms with Crippen LogP contribution in [0, 0.1) is 5.92 Å². The van der Waals surface area contributed by atoms with E-state index in [-0.39, 0.29) is 11.9 Å². The maximum atomic E-state index is 12.0. The van der Waals surface area contributed by atoms with Gasteiger partial charge in [0.2, 0.25) is 5.91 Å². The Morgan fingerprint density at radius 3 is 2.91 bits per heavy atom. The second kappa shape index (κ2) is 7.08. The highest BCUT2D eigenvalue weighted by atomic mass is 32.1. The number of carbonyl (C=O) groups excluding carboxylic acids is 1. The minimum atomic E-state index is -0.803. The SMILES string of the molecule is O=C(CCCc1nc2ccccc2s1)N[C@H]1CCC[C@H]1C(=O)O. The van der Waals surface area contributed by atoms with Gasteiger partial charge >= 0.3 is 5.97 Å². The third-order valence-corrected chi connectivity index (χ3v) is 5.41. The molecule has 1 aromatic heterocycles. The number of hydrogen-bond acceptors (Lipinski definition) is 4. The Labute approximate surface area is 138 Å². The molecule has 1 saturated carbocycles. The maximum absolute atomic E-state index is 12.0. The van der Waals surface area contributed by atoms with Crippen LogP contribution >= 0.6 is 11.3 Å². The Morgan fingerprint density at radius 1 is 1.30 bits per heavy atom. The standard InChI is InChI=1S/C17H20N2O3S/c20-15(18-12-7-3-5-11(12)17(21)22)9-4-10-16-19-13-6-1-2-8-14(13)23-16/h1-2,6,8,11-12H,3-5,7,9-10H2,(H,18,20)(H,21,22)/t11-,12+/m1/s1. The molecule has 6 heteroatoms. The number of thiazole rings is 1. The summed E-state index contributed by atoms with van der Waals surface area (Å²) in [4.78, 5) is 27.7. The molecule has 122 valence electrons. The van der Waals surface area contributed by atoms with Gasteiger partial charge in [0.1, 0.15) is 0 Å². The molecular weight excluding hydrogens is 312 g/mol. The molecule has 2 aromatic rings. The van der Waals surface area contributed by atoms with Crippen LogP contribution in [0.15, 0.2) is 24.3 Å². The number of nitrogens with one attached hydrogen (secondary N) is 1. The van der Waals surface area contributed by atoms with Crippen molar-refractivity contribution in [1.82, 2.24) is 10.3 Å². The largest absolute Gasteiger partial charge is 0.481 e. The highest BCUT2D eigenvalue weighted by Crippen LogP contribution is 2.26. The molecular formula is C17H20N2O3S. The van der Waals surface area contributed by atoms with E-state index in [1.165, 1.54) is 4.70 Å². The monoisotopic (exact) mass is 332 g/mol. The molecule has 0 aliphatic heterocycles. The fourth-order valence-electron chi connectivity index (χ4n) is 3.13. The van der Waals surface area contributed by atoms with Crippen molar-refractivity contribution in [3.05, 3.63) is 29.3 Å². The zero-order valence-corrected chi connectivity index (χ0v) is 13.6. The number of fused-ring (bicyclic) bond motifs is 1. The van der Waals surface area contributed by atoms with Gasteiger partial charge in [-0.1, -0.05) is 18.6 Å². The quantitative estimate of drug-likeness (QED) is 0.852. The first-order chi connectivity index (χ1) is 11.1.